The summed E-state index contributed by atoms with van der Waals surface area (Å²) in [5.74, 6) is 0.581. The molecule has 0 aliphatic carbocycles. The fraction of sp³-hybridized carbons (Fsp3) is 0.421. The molecule has 1 aliphatic rings. The summed E-state index contributed by atoms with van der Waals surface area (Å²) in [5.41, 5.74) is 2.26. The van der Waals surface area contributed by atoms with Crippen LogP contribution in [0.5, 0.6) is 0 Å². The first-order valence-electron chi connectivity index (χ1n) is 9.01. The molecule has 1 unspecified atom stereocenters. The molecule has 140 valence electrons. The van der Waals surface area contributed by atoms with Gasteiger partial charge in [-0.3, -0.25) is 4.98 Å². The molecule has 0 aromatic carbocycles. The highest BCUT2D eigenvalue weighted by Crippen LogP contribution is 2.19. The van der Waals surface area contributed by atoms with Crippen LogP contribution in [0.2, 0.25) is 0 Å². The van der Waals surface area contributed by atoms with Crippen LogP contribution in [0, 0.1) is 18.3 Å². The highest BCUT2D eigenvalue weighted by molar-refractivity contribution is 5.75. The predicted octanol–water partition coefficient (Wildman–Crippen LogP) is 1.51. The first-order chi connectivity index (χ1) is 13.1. The standard InChI is InChI=1S/C19H23N7O/c1-14-4-3-5-16(24-14)6-7-23-19(27)26-11-10-25(13-15(26)2)18-17(12-20)21-8-9-22-18/h3-5,8-9,15H,6-7,10-11,13H2,1-2H3,(H,23,27). The van der Waals surface area contributed by atoms with Gasteiger partial charge in [-0.05, 0) is 26.0 Å². The maximum atomic E-state index is 12.5. The van der Waals surface area contributed by atoms with E-state index in [1.54, 1.807) is 6.20 Å². The summed E-state index contributed by atoms with van der Waals surface area (Å²) < 4.78 is 0. The van der Waals surface area contributed by atoms with Crippen molar-refractivity contribution in [2.24, 2.45) is 0 Å². The lowest BCUT2D eigenvalue weighted by molar-refractivity contribution is 0.171. The van der Waals surface area contributed by atoms with Crippen molar-refractivity contribution in [1.29, 1.82) is 5.26 Å². The van der Waals surface area contributed by atoms with E-state index in [9.17, 15) is 10.1 Å². The van der Waals surface area contributed by atoms with Gasteiger partial charge in [-0.25, -0.2) is 14.8 Å². The molecule has 1 atom stereocenters. The Kier molecular flexibility index (Phi) is 5.81. The summed E-state index contributed by atoms with van der Waals surface area (Å²) in [6.07, 6.45) is 3.80. The molecule has 8 heteroatoms. The fourth-order valence-electron chi connectivity index (χ4n) is 3.23. The van der Waals surface area contributed by atoms with Crippen molar-refractivity contribution < 1.29 is 4.79 Å². The van der Waals surface area contributed by atoms with Crippen molar-refractivity contribution in [1.82, 2.24) is 25.2 Å². The van der Waals surface area contributed by atoms with E-state index >= 15 is 0 Å². The third kappa shape index (κ3) is 4.50. The fourth-order valence-corrected chi connectivity index (χ4v) is 3.23. The van der Waals surface area contributed by atoms with Crippen LogP contribution in [0.15, 0.2) is 30.6 Å². The summed E-state index contributed by atoms with van der Waals surface area (Å²) in [7, 11) is 0. The van der Waals surface area contributed by atoms with Crippen LogP contribution in [0.4, 0.5) is 10.6 Å². The molecule has 2 aromatic heterocycles. The zero-order chi connectivity index (χ0) is 19.2. The molecule has 0 radical (unpaired) electrons. The first kappa shape index (κ1) is 18.6. The molecule has 8 nitrogen and oxygen atoms in total. The zero-order valence-electron chi connectivity index (χ0n) is 15.6. The molecular weight excluding hydrogens is 342 g/mol. The number of carbonyl (C=O) groups is 1. The lowest BCUT2D eigenvalue weighted by Gasteiger charge is -2.40. The third-order valence-corrected chi connectivity index (χ3v) is 4.58. The van der Waals surface area contributed by atoms with Crippen LogP contribution < -0.4 is 10.2 Å². The van der Waals surface area contributed by atoms with Crippen LogP contribution in [0.1, 0.15) is 24.0 Å². The van der Waals surface area contributed by atoms with Crippen LogP contribution in [0.3, 0.4) is 0 Å². The minimum absolute atomic E-state index is 0.00407. The monoisotopic (exact) mass is 365 g/mol. The maximum Gasteiger partial charge on any atom is 0.317 e. The number of aromatic nitrogens is 3. The summed E-state index contributed by atoms with van der Waals surface area (Å²) in [5, 5.41) is 12.2. The van der Waals surface area contributed by atoms with E-state index in [0.29, 0.717) is 44.1 Å². The van der Waals surface area contributed by atoms with Crippen LogP contribution >= 0.6 is 0 Å². The molecule has 0 spiro atoms. The summed E-state index contributed by atoms with van der Waals surface area (Å²) in [6, 6.07) is 7.90. The molecule has 27 heavy (non-hydrogen) atoms. The highest BCUT2D eigenvalue weighted by atomic mass is 16.2. The Labute approximate surface area is 158 Å². The van der Waals surface area contributed by atoms with Gasteiger partial charge in [-0.1, -0.05) is 6.07 Å². The minimum Gasteiger partial charge on any atom is -0.350 e. The van der Waals surface area contributed by atoms with E-state index in [4.69, 9.17) is 0 Å². The number of amides is 2. The van der Waals surface area contributed by atoms with Crippen molar-refractivity contribution >= 4 is 11.8 Å². The quantitative estimate of drug-likeness (QED) is 0.882. The van der Waals surface area contributed by atoms with E-state index in [1.807, 2.05) is 41.8 Å². The van der Waals surface area contributed by atoms with Crippen molar-refractivity contribution in [3.63, 3.8) is 0 Å². The summed E-state index contributed by atoms with van der Waals surface area (Å²) in [4.78, 5) is 29.2. The number of pyridine rings is 1. The van der Waals surface area contributed by atoms with E-state index in [-0.39, 0.29) is 12.1 Å². The number of urea groups is 1. The average molecular weight is 365 g/mol. The minimum atomic E-state index is -0.0746. The van der Waals surface area contributed by atoms with E-state index < -0.39 is 0 Å². The molecule has 1 aliphatic heterocycles. The van der Waals surface area contributed by atoms with Crippen LogP contribution in [-0.4, -0.2) is 58.1 Å². The molecular formula is C19H23N7O. The van der Waals surface area contributed by atoms with E-state index in [0.717, 1.165) is 11.4 Å². The topological polar surface area (TPSA) is 98.0 Å². The van der Waals surface area contributed by atoms with Gasteiger partial charge < -0.3 is 15.1 Å². The Hall–Kier alpha value is -3.21. The first-order valence-corrected chi connectivity index (χ1v) is 9.01. The number of hydrogen-bond donors (Lipinski definition) is 1. The second-order valence-corrected chi connectivity index (χ2v) is 6.58. The van der Waals surface area contributed by atoms with Crippen molar-refractivity contribution in [2.75, 3.05) is 31.1 Å². The average Bonchev–Trinajstić information content (AvgIpc) is 2.67. The molecule has 3 heterocycles. The number of aryl methyl sites for hydroxylation is 1. The molecule has 1 saturated heterocycles. The number of rotatable bonds is 4. The van der Waals surface area contributed by atoms with Gasteiger partial charge in [0.25, 0.3) is 0 Å². The zero-order valence-corrected chi connectivity index (χ0v) is 15.6. The predicted molar refractivity (Wildman–Crippen MR) is 101 cm³/mol. The molecule has 0 saturated carbocycles. The second kappa shape index (κ2) is 8.45. The third-order valence-electron chi connectivity index (χ3n) is 4.58. The smallest absolute Gasteiger partial charge is 0.317 e. The summed E-state index contributed by atoms with van der Waals surface area (Å²) in [6.45, 7) is 6.29. The second-order valence-electron chi connectivity index (χ2n) is 6.58. The highest BCUT2D eigenvalue weighted by Gasteiger charge is 2.29. The van der Waals surface area contributed by atoms with Gasteiger partial charge in [0.05, 0.1) is 0 Å². The molecule has 3 rings (SSSR count). The van der Waals surface area contributed by atoms with Gasteiger partial charge in [-0.15, -0.1) is 0 Å². The van der Waals surface area contributed by atoms with Crippen LogP contribution in [0.25, 0.3) is 0 Å². The van der Waals surface area contributed by atoms with Gasteiger partial charge in [0.2, 0.25) is 0 Å². The number of piperazine rings is 1. The number of anilines is 1. The number of nitrogens with one attached hydrogen (secondary N) is 1. The Morgan fingerprint density at radius 1 is 1.33 bits per heavy atom. The molecule has 2 aromatic rings. The van der Waals surface area contributed by atoms with Gasteiger partial charge in [0.1, 0.15) is 6.07 Å². The molecule has 1 N–H and O–H groups in total. The molecule has 0 bridgehead atoms. The Morgan fingerprint density at radius 3 is 2.89 bits per heavy atom. The lowest BCUT2D eigenvalue weighted by atomic mass is 10.2. The van der Waals surface area contributed by atoms with Crippen molar-refractivity contribution in [3.8, 4) is 6.07 Å². The molecule has 2 amide bonds. The van der Waals surface area contributed by atoms with Crippen LogP contribution in [-0.2, 0) is 6.42 Å². The van der Waals surface area contributed by atoms with Gasteiger partial charge in [0.15, 0.2) is 11.5 Å². The maximum absolute atomic E-state index is 12.5. The summed E-state index contributed by atoms with van der Waals surface area (Å²) >= 11 is 0. The lowest BCUT2D eigenvalue weighted by Crippen LogP contribution is -2.57. The van der Waals surface area contributed by atoms with E-state index in [2.05, 4.69) is 26.3 Å². The van der Waals surface area contributed by atoms with Gasteiger partial charge >= 0.3 is 6.03 Å². The molecule has 1 fully saturated rings. The normalized spacial score (nSPS) is 16.7. The van der Waals surface area contributed by atoms with Gasteiger partial charge in [0, 0.05) is 62.4 Å². The Morgan fingerprint density at radius 2 is 2.15 bits per heavy atom. The van der Waals surface area contributed by atoms with E-state index in [1.165, 1.54) is 6.20 Å². The largest absolute Gasteiger partial charge is 0.350 e. The van der Waals surface area contributed by atoms with Crippen molar-refractivity contribution in [2.45, 2.75) is 26.3 Å². The number of carbonyl (C=O) groups excluding carboxylic acids is 1. The van der Waals surface area contributed by atoms with Gasteiger partial charge in [-0.2, -0.15) is 5.26 Å². The Bertz CT molecular complexity index is 848. The Balaban J connectivity index is 1.53. The SMILES string of the molecule is Cc1cccc(CCNC(=O)N2CCN(c3nccnc3C#N)CC2C)n1. The number of nitrogens with zero attached hydrogens (tertiary/aromatic N) is 6. The van der Waals surface area contributed by atoms with Crippen molar-refractivity contribution in [3.05, 3.63) is 47.7 Å². The number of nitriles is 1. The number of hydrogen-bond acceptors (Lipinski definition) is 6.